The van der Waals surface area contributed by atoms with E-state index < -0.39 is 0 Å². The van der Waals surface area contributed by atoms with E-state index in [1.54, 1.807) is 6.20 Å². The maximum absolute atomic E-state index is 11.2. The second-order valence-corrected chi connectivity index (χ2v) is 8.62. The van der Waals surface area contributed by atoms with E-state index in [9.17, 15) is 4.79 Å². The van der Waals surface area contributed by atoms with Gasteiger partial charge in [-0.05, 0) is 63.0 Å². The average Bonchev–Trinajstić information content (AvgIpc) is 3.31. The maximum Gasteiger partial charge on any atom is 0.302 e. The van der Waals surface area contributed by atoms with Crippen molar-refractivity contribution in [1.29, 1.82) is 0 Å². The first-order valence-corrected chi connectivity index (χ1v) is 12.5. The van der Waals surface area contributed by atoms with E-state index in [4.69, 9.17) is 4.74 Å². The summed E-state index contributed by atoms with van der Waals surface area (Å²) in [4.78, 5) is 23.5. The maximum atomic E-state index is 11.2. The Morgan fingerprint density at radius 3 is 2.21 bits per heavy atom. The molecule has 0 atom stereocenters. The molecule has 0 unspecified atom stereocenters. The monoisotopic (exact) mass is 457 g/mol. The summed E-state index contributed by atoms with van der Waals surface area (Å²) < 4.78 is 5.21. The van der Waals surface area contributed by atoms with Gasteiger partial charge in [-0.2, -0.15) is 0 Å². The van der Waals surface area contributed by atoms with E-state index in [0.29, 0.717) is 6.61 Å². The Hall–Kier alpha value is -2.22. The molecular weight excluding hydrogens is 414 g/mol. The minimum absolute atomic E-state index is 0.212. The van der Waals surface area contributed by atoms with Crippen molar-refractivity contribution in [1.82, 2.24) is 25.1 Å². The van der Waals surface area contributed by atoms with Gasteiger partial charge in [-0.3, -0.25) is 9.69 Å². The number of unbranched alkanes of at least 4 members (excludes halogenated alkanes) is 1. The molecular formula is C26H43N5O2. The van der Waals surface area contributed by atoms with E-state index in [-0.39, 0.29) is 5.97 Å². The summed E-state index contributed by atoms with van der Waals surface area (Å²) in [5, 5.41) is 3.41. The quantitative estimate of drug-likeness (QED) is 0.261. The Morgan fingerprint density at radius 2 is 1.61 bits per heavy atom. The number of aromatic nitrogens is 2. The third-order valence-electron chi connectivity index (χ3n) is 5.60. The molecule has 0 fully saturated rings. The highest BCUT2D eigenvalue weighted by Gasteiger charge is 2.09. The molecule has 2 N–H and O–H groups in total. The van der Waals surface area contributed by atoms with Crippen LogP contribution in [0, 0.1) is 0 Å². The van der Waals surface area contributed by atoms with Crippen LogP contribution in [-0.4, -0.2) is 65.1 Å². The minimum atomic E-state index is -0.212. The van der Waals surface area contributed by atoms with Crippen LogP contribution in [0.25, 0.3) is 0 Å². The van der Waals surface area contributed by atoms with Gasteiger partial charge in [-0.15, -0.1) is 0 Å². The highest BCUT2D eigenvalue weighted by atomic mass is 16.5. The zero-order valence-corrected chi connectivity index (χ0v) is 20.8. The molecule has 1 aromatic heterocycles. The Balaban J connectivity index is 1.79. The van der Waals surface area contributed by atoms with Gasteiger partial charge in [0.25, 0.3) is 0 Å². The van der Waals surface area contributed by atoms with Gasteiger partial charge in [-0.1, -0.05) is 38.1 Å². The molecule has 0 saturated carbocycles. The fourth-order valence-electron chi connectivity index (χ4n) is 3.97. The summed E-state index contributed by atoms with van der Waals surface area (Å²) in [6.45, 7) is 14.1. The van der Waals surface area contributed by atoms with Crippen molar-refractivity contribution < 1.29 is 9.53 Å². The molecule has 33 heavy (non-hydrogen) atoms. The van der Waals surface area contributed by atoms with E-state index in [1.807, 2.05) is 6.20 Å². The summed E-state index contributed by atoms with van der Waals surface area (Å²) in [6, 6.07) is 8.77. The van der Waals surface area contributed by atoms with Crippen molar-refractivity contribution >= 4 is 5.97 Å². The Kier molecular flexibility index (Phi) is 13.4. The van der Waals surface area contributed by atoms with Crippen molar-refractivity contribution in [2.45, 2.75) is 66.1 Å². The molecule has 7 nitrogen and oxygen atoms in total. The lowest BCUT2D eigenvalue weighted by atomic mass is 10.1. The van der Waals surface area contributed by atoms with Crippen LogP contribution in [0.15, 0.2) is 36.7 Å². The first-order valence-electron chi connectivity index (χ1n) is 12.5. The van der Waals surface area contributed by atoms with Crippen molar-refractivity contribution in [3.63, 3.8) is 0 Å². The smallest absolute Gasteiger partial charge is 0.302 e. The zero-order chi connectivity index (χ0) is 23.7. The van der Waals surface area contributed by atoms with Crippen LogP contribution >= 0.6 is 0 Å². The standard InChI is InChI=1S/C26H43N5O2/c1-4-14-30(15-5-2)16-6-7-17-31(18-19-33-23(3)32)22-25-10-8-24(9-11-25)20-27-21-26-28-12-13-29-26/h8-13,27H,4-7,14-22H2,1-3H3,(H,28,29). The fraction of sp³-hybridized carbons (Fsp3) is 0.615. The molecule has 0 aliphatic heterocycles. The molecule has 1 aromatic carbocycles. The van der Waals surface area contributed by atoms with E-state index in [0.717, 1.165) is 45.0 Å². The van der Waals surface area contributed by atoms with Crippen LogP contribution in [0.1, 0.15) is 63.4 Å². The molecule has 0 amide bonds. The third kappa shape index (κ3) is 12.0. The number of esters is 1. The first kappa shape index (κ1) is 27.0. The number of nitrogens with zero attached hydrogens (tertiary/aromatic N) is 3. The predicted molar refractivity (Wildman–Crippen MR) is 134 cm³/mol. The SMILES string of the molecule is CCCN(CCC)CCCCN(CCOC(C)=O)Cc1ccc(CNCc2ncc[nH]2)cc1. The number of hydrogen-bond donors (Lipinski definition) is 2. The van der Waals surface area contributed by atoms with Crippen LogP contribution in [0.3, 0.4) is 0 Å². The predicted octanol–water partition coefficient (Wildman–Crippen LogP) is 3.97. The Morgan fingerprint density at radius 1 is 0.939 bits per heavy atom. The normalized spacial score (nSPS) is 11.4. The van der Waals surface area contributed by atoms with Gasteiger partial charge in [0.2, 0.25) is 0 Å². The molecule has 0 radical (unpaired) electrons. The molecule has 0 bridgehead atoms. The molecule has 184 valence electrons. The summed E-state index contributed by atoms with van der Waals surface area (Å²) in [5.41, 5.74) is 2.54. The summed E-state index contributed by atoms with van der Waals surface area (Å²) in [5.74, 6) is 0.735. The van der Waals surface area contributed by atoms with Gasteiger partial charge in [-0.25, -0.2) is 4.98 Å². The Labute approximate surface area is 199 Å². The second kappa shape index (κ2) is 16.4. The molecule has 7 heteroatoms. The molecule has 0 saturated heterocycles. The lowest BCUT2D eigenvalue weighted by Gasteiger charge is -2.24. The van der Waals surface area contributed by atoms with Crippen LogP contribution < -0.4 is 5.32 Å². The lowest BCUT2D eigenvalue weighted by molar-refractivity contribution is -0.141. The molecule has 0 spiro atoms. The number of hydrogen-bond acceptors (Lipinski definition) is 6. The van der Waals surface area contributed by atoms with E-state index >= 15 is 0 Å². The number of aromatic amines is 1. The van der Waals surface area contributed by atoms with Crippen molar-refractivity contribution in [2.75, 3.05) is 39.3 Å². The van der Waals surface area contributed by atoms with Crippen LogP contribution in [0.4, 0.5) is 0 Å². The number of rotatable bonds is 18. The van der Waals surface area contributed by atoms with Crippen LogP contribution in [-0.2, 0) is 29.2 Å². The minimum Gasteiger partial charge on any atom is -0.465 e. The highest BCUT2D eigenvalue weighted by Crippen LogP contribution is 2.10. The molecule has 1 heterocycles. The first-order chi connectivity index (χ1) is 16.1. The van der Waals surface area contributed by atoms with Gasteiger partial charge in [0, 0.05) is 39.0 Å². The average molecular weight is 458 g/mol. The molecule has 2 rings (SSSR count). The zero-order valence-electron chi connectivity index (χ0n) is 20.8. The van der Waals surface area contributed by atoms with Gasteiger partial charge in [0.05, 0.1) is 6.54 Å². The number of carbonyl (C=O) groups is 1. The van der Waals surface area contributed by atoms with Crippen LogP contribution in [0.5, 0.6) is 0 Å². The number of imidazole rings is 1. The van der Waals surface area contributed by atoms with E-state index in [2.05, 4.69) is 63.2 Å². The highest BCUT2D eigenvalue weighted by molar-refractivity contribution is 5.65. The fourth-order valence-corrected chi connectivity index (χ4v) is 3.97. The van der Waals surface area contributed by atoms with Gasteiger partial charge in [0.1, 0.15) is 12.4 Å². The summed E-state index contributed by atoms with van der Waals surface area (Å²) in [7, 11) is 0. The number of H-pyrrole nitrogens is 1. The van der Waals surface area contributed by atoms with Crippen molar-refractivity contribution in [2.24, 2.45) is 0 Å². The lowest BCUT2D eigenvalue weighted by Crippen LogP contribution is -2.30. The van der Waals surface area contributed by atoms with Crippen LogP contribution in [0.2, 0.25) is 0 Å². The van der Waals surface area contributed by atoms with Gasteiger partial charge < -0.3 is 19.9 Å². The van der Waals surface area contributed by atoms with Crippen molar-refractivity contribution in [3.8, 4) is 0 Å². The number of carbonyl (C=O) groups excluding carboxylic acids is 1. The third-order valence-corrected chi connectivity index (χ3v) is 5.60. The summed E-state index contributed by atoms with van der Waals surface area (Å²) in [6.07, 6.45) is 8.38. The Bertz CT molecular complexity index is 743. The van der Waals surface area contributed by atoms with Gasteiger partial charge >= 0.3 is 5.97 Å². The molecule has 0 aliphatic rings. The van der Waals surface area contributed by atoms with E-state index in [1.165, 1.54) is 56.9 Å². The number of ether oxygens (including phenoxy) is 1. The molecule has 2 aromatic rings. The number of nitrogens with one attached hydrogen (secondary N) is 2. The number of benzene rings is 1. The summed E-state index contributed by atoms with van der Waals surface area (Å²) >= 11 is 0. The molecule has 0 aliphatic carbocycles. The van der Waals surface area contributed by atoms with Gasteiger partial charge in [0.15, 0.2) is 0 Å². The topological polar surface area (TPSA) is 73.5 Å². The second-order valence-electron chi connectivity index (χ2n) is 8.62. The van der Waals surface area contributed by atoms with Crippen molar-refractivity contribution in [3.05, 3.63) is 53.6 Å². The largest absolute Gasteiger partial charge is 0.465 e.